The van der Waals surface area contributed by atoms with Crippen LogP contribution < -0.4 is 0 Å². The SMILES string of the molecule is CC(C(=O)CCl)C(CC(=O)CCl)C(=O)CCl. The summed E-state index contributed by atoms with van der Waals surface area (Å²) < 4.78 is 0. The molecule has 0 aromatic carbocycles. The van der Waals surface area contributed by atoms with Crippen LogP contribution in [-0.2, 0) is 14.4 Å². The fourth-order valence-corrected chi connectivity index (χ4v) is 1.87. The van der Waals surface area contributed by atoms with E-state index in [0.717, 1.165) is 0 Å². The van der Waals surface area contributed by atoms with E-state index in [1.165, 1.54) is 0 Å². The molecule has 0 aliphatic rings. The molecule has 2 unspecified atom stereocenters. The first-order valence-corrected chi connectivity index (χ1v) is 6.33. The van der Waals surface area contributed by atoms with Crippen LogP contribution >= 0.6 is 34.8 Å². The Morgan fingerprint density at radius 1 is 0.938 bits per heavy atom. The van der Waals surface area contributed by atoms with Crippen molar-refractivity contribution in [3.05, 3.63) is 0 Å². The van der Waals surface area contributed by atoms with Crippen LogP contribution in [0.5, 0.6) is 0 Å². The van der Waals surface area contributed by atoms with Crippen molar-refractivity contribution in [2.45, 2.75) is 13.3 Å². The summed E-state index contributed by atoms with van der Waals surface area (Å²) in [5, 5.41) is 0. The van der Waals surface area contributed by atoms with Gasteiger partial charge in [-0.25, -0.2) is 0 Å². The van der Waals surface area contributed by atoms with E-state index < -0.39 is 11.8 Å². The third kappa shape index (κ3) is 4.81. The van der Waals surface area contributed by atoms with Crippen molar-refractivity contribution in [1.82, 2.24) is 0 Å². The second-order valence-electron chi connectivity index (χ2n) is 3.47. The molecule has 0 spiro atoms. The molecular formula is C10H13Cl3O3. The maximum atomic E-state index is 11.5. The molecule has 0 radical (unpaired) electrons. The van der Waals surface area contributed by atoms with Crippen molar-refractivity contribution >= 4 is 52.2 Å². The average Bonchev–Trinajstić information content (AvgIpc) is 2.32. The summed E-state index contributed by atoms with van der Waals surface area (Å²) in [5.74, 6) is -2.76. The number of carbonyl (C=O) groups excluding carboxylic acids is 3. The molecule has 0 fully saturated rings. The van der Waals surface area contributed by atoms with Gasteiger partial charge in [-0.1, -0.05) is 6.92 Å². The van der Waals surface area contributed by atoms with Crippen LogP contribution in [0, 0.1) is 11.8 Å². The van der Waals surface area contributed by atoms with Gasteiger partial charge in [-0.05, 0) is 0 Å². The molecule has 92 valence electrons. The Labute approximate surface area is 109 Å². The normalized spacial score (nSPS) is 14.2. The van der Waals surface area contributed by atoms with E-state index in [1.54, 1.807) is 6.92 Å². The molecular weight excluding hydrogens is 274 g/mol. The number of carbonyl (C=O) groups is 3. The van der Waals surface area contributed by atoms with Gasteiger partial charge in [0.05, 0.1) is 17.6 Å². The predicted octanol–water partition coefficient (Wildman–Crippen LogP) is 2.05. The number of hydrogen-bond acceptors (Lipinski definition) is 3. The monoisotopic (exact) mass is 286 g/mol. The highest BCUT2D eigenvalue weighted by Gasteiger charge is 2.30. The highest BCUT2D eigenvalue weighted by Crippen LogP contribution is 2.20. The third-order valence-electron chi connectivity index (χ3n) is 2.39. The summed E-state index contributed by atoms with van der Waals surface area (Å²) in [6.45, 7) is 1.57. The topological polar surface area (TPSA) is 51.2 Å². The Hall–Kier alpha value is -0.120. The molecule has 0 bridgehead atoms. The van der Waals surface area contributed by atoms with Crippen LogP contribution in [0.4, 0.5) is 0 Å². The van der Waals surface area contributed by atoms with E-state index in [0.29, 0.717) is 0 Å². The van der Waals surface area contributed by atoms with Crippen LogP contribution in [-0.4, -0.2) is 35.0 Å². The zero-order valence-corrected chi connectivity index (χ0v) is 11.1. The highest BCUT2D eigenvalue weighted by molar-refractivity contribution is 6.30. The Bertz CT molecular complexity index is 278. The lowest BCUT2D eigenvalue weighted by Crippen LogP contribution is -2.31. The predicted molar refractivity (Wildman–Crippen MR) is 64.5 cm³/mol. The average molecular weight is 288 g/mol. The zero-order valence-electron chi connectivity index (χ0n) is 8.84. The number of ketones is 3. The smallest absolute Gasteiger partial charge is 0.151 e. The molecule has 0 aromatic rings. The molecule has 0 aliphatic heterocycles. The lowest BCUT2D eigenvalue weighted by Gasteiger charge is -2.19. The van der Waals surface area contributed by atoms with E-state index in [2.05, 4.69) is 0 Å². The number of rotatable bonds is 8. The van der Waals surface area contributed by atoms with Crippen LogP contribution in [0.25, 0.3) is 0 Å². The molecule has 2 atom stereocenters. The van der Waals surface area contributed by atoms with Gasteiger partial charge in [0.25, 0.3) is 0 Å². The third-order valence-corrected chi connectivity index (χ3v) is 3.21. The molecule has 0 amide bonds. The maximum Gasteiger partial charge on any atom is 0.151 e. The minimum absolute atomic E-state index is 0.0567. The Balaban J connectivity index is 4.72. The van der Waals surface area contributed by atoms with Crippen LogP contribution in [0.15, 0.2) is 0 Å². The molecule has 0 heterocycles. The Kier molecular flexibility index (Phi) is 7.98. The van der Waals surface area contributed by atoms with Crippen molar-refractivity contribution in [2.75, 3.05) is 17.6 Å². The Morgan fingerprint density at radius 3 is 1.81 bits per heavy atom. The summed E-state index contributed by atoms with van der Waals surface area (Å²) in [6, 6.07) is 0. The van der Waals surface area contributed by atoms with E-state index in [9.17, 15) is 14.4 Å². The highest BCUT2D eigenvalue weighted by atomic mass is 35.5. The van der Waals surface area contributed by atoms with Crippen LogP contribution in [0.1, 0.15) is 13.3 Å². The quantitative estimate of drug-likeness (QED) is 0.642. The number of hydrogen-bond donors (Lipinski definition) is 0. The summed E-state index contributed by atoms with van der Waals surface area (Å²) >= 11 is 16.2. The number of halogens is 3. The molecule has 0 aromatic heterocycles. The van der Waals surface area contributed by atoms with Gasteiger partial charge in [0.1, 0.15) is 5.78 Å². The molecule has 0 N–H and O–H groups in total. The molecule has 3 nitrogen and oxygen atoms in total. The standard InChI is InChI=1S/C10H13Cl3O3/c1-6(9(15)4-12)8(10(16)5-13)2-7(14)3-11/h6,8H,2-5H2,1H3. The summed E-state index contributed by atoms with van der Waals surface area (Å²) in [7, 11) is 0. The number of Topliss-reactive ketones (excluding diaryl/α,β-unsaturated/α-hetero) is 3. The van der Waals surface area contributed by atoms with Gasteiger partial charge in [-0.3, -0.25) is 14.4 Å². The fourth-order valence-electron chi connectivity index (χ4n) is 1.31. The summed E-state index contributed by atoms with van der Waals surface area (Å²) in [6.07, 6.45) is -0.0567. The Morgan fingerprint density at radius 2 is 1.44 bits per heavy atom. The first-order valence-electron chi connectivity index (χ1n) is 4.72. The van der Waals surface area contributed by atoms with Gasteiger partial charge in [0.15, 0.2) is 11.6 Å². The van der Waals surface area contributed by atoms with Crippen molar-refractivity contribution in [1.29, 1.82) is 0 Å². The van der Waals surface area contributed by atoms with Gasteiger partial charge >= 0.3 is 0 Å². The van der Waals surface area contributed by atoms with Gasteiger partial charge in [-0.2, -0.15) is 0 Å². The zero-order chi connectivity index (χ0) is 12.7. The van der Waals surface area contributed by atoms with Crippen LogP contribution in [0.3, 0.4) is 0 Å². The minimum atomic E-state index is -0.713. The van der Waals surface area contributed by atoms with E-state index in [-0.39, 0.29) is 41.4 Å². The number of alkyl halides is 3. The second-order valence-corrected chi connectivity index (χ2v) is 4.27. The molecule has 16 heavy (non-hydrogen) atoms. The largest absolute Gasteiger partial charge is 0.298 e. The summed E-state index contributed by atoms with van der Waals surface area (Å²) in [4.78, 5) is 34.1. The lowest BCUT2D eigenvalue weighted by atomic mass is 9.84. The van der Waals surface area contributed by atoms with Gasteiger partial charge in [0, 0.05) is 18.3 Å². The van der Waals surface area contributed by atoms with E-state index in [4.69, 9.17) is 34.8 Å². The lowest BCUT2D eigenvalue weighted by molar-refractivity contribution is -0.131. The van der Waals surface area contributed by atoms with Gasteiger partial charge in [-0.15, -0.1) is 34.8 Å². The first-order chi connectivity index (χ1) is 7.47. The molecule has 0 saturated heterocycles. The molecule has 0 rings (SSSR count). The van der Waals surface area contributed by atoms with Gasteiger partial charge < -0.3 is 0 Å². The molecule has 0 aliphatic carbocycles. The van der Waals surface area contributed by atoms with E-state index >= 15 is 0 Å². The summed E-state index contributed by atoms with van der Waals surface area (Å²) in [5.41, 5.74) is 0. The van der Waals surface area contributed by atoms with Gasteiger partial charge in [0.2, 0.25) is 0 Å². The molecule has 6 heteroatoms. The molecule has 0 saturated carbocycles. The maximum absolute atomic E-state index is 11.5. The minimum Gasteiger partial charge on any atom is -0.298 e. The van der Waals surface area contributed by atoms with E-state index in [1.807, 2.05) is 0 Å². The fraction of sp³-hybridized carbons (Fsp3) is 0.700. The first kappa shape index (κ1) is 15.9. The van der Waals surface area contributed by atoms with Crippen LogP contribution in [0.2, 0.25) is 0 Å². The van der Waals surface area contributed by atoms with Crippen molar-refractivity contribution < 1.29 is 14.4 Å². The van der Waals surface area contributed by atoms with Crippen molar-refractivity contribution in [3.63, 3.8) is 0 Å². The van der Waals surface area contributed by atoms with Crippen molar-refractivity contribution in [2.24, 2.45) is 11.8 Å². The second kappa shape index (κ2) is 8.04. The van der Waals surface area contributed by atoms with Crippen molar-refractivity contribution in [3.8, 4) is 0 Å².